The maximum Gasteiger partial charge on any atom is 0.347 e. The quantitative estimate of drug-likeness (QED) is 0.0711. The number of hydrogen-bond donors (Lipinski definition) is 1. The maximum absolute atomic E-state index is 12.6. The van der Waals surface area contributed by atoms with Crippen molar-refractivity contribution in [1.82, 2.24) is 15.0 Å². The number of phenolic OH excluding ortho intramolecular Hbond substituents is 1. The van der Waals surface area contributed by atoms with E-state index in [1.54, 1.807) is 19.1 Å². The molecule has 4 aromatic carbocycles. The number of nitrogens with zero attached hydrogens (tertiary/aromatic N) is 3. The van der Waals surface area contributed by atoms with Crippen LogP contribution < -0.4 is 4.74 Å². The summed E-state index contributed by atoms with van der Waals surface area (Å²) in [7, 11) is 0. The summed E-state index contributed by atoms with van der Waals surface area (Å²) in [5, 5.41) is 11.2. The van der Waals surface area contributed by atoms with Gasteiger partial charge in [0.2, 0.25) is 0 Å². The molecule has 1 unspecified atom stereocenters. The van der Waals surface area contributed by atoms with Gasteiger partial charge in [-0.25, -0.2) is 19.7 Å². The first kappa shape index (κ1) is 34.8. The molecule has 0 radical (unpaired) electrons. The maximum atomic E-state index is 12.6. The number of hydrogen-bond acceptors (Lipinski definition) is 7. The van der Waals surface area contributed by atoms with Crippen LogP contribution >= 0.6 is 0 Å². The van der Waals surface area contributed by atoms with Crippen molar-refractivity contribution in [2.45, 2.75) is 52.6 Å². The minimum atomic E-state index is -0.838. The summed E-state index contributed by atoms with van der Waals surface area (Å²) < 4.78 is 11.3. The van der Waals surface area contributed by atoms with Crippen LogP contribution in [0.2, 0.25) is 0 Å². The van der Waals surface area contributed by atoms with E-state index in [1.165, 1.54) is 12.5 Å². The number of aromatic nitrogens is 3. The second kappa shape index (κ2) is 16.6. The van der Waals surface area contributed by atoms with Crippen LogP contribution in [0.4, 0.5) is 0 Å². The second-order valence-corrected chi connectivity index (χ2v) is 12.9. The SMILES string of the molecule is CC(C)CCCCCOC(=O)C(C)Oc1ccc(-c2nc(-c3ccc(C4=CC=C=C=C4)cc3)nc(-c3ccc(-c4ccccc4)cc3)n2)c(O)c1. The lowest BCUT2D eigenvalue weighted by Gasteiger charge is -2.15. The molecule has 0 fully saturated rings. The number of unbranched alkanes of at least 4 members (excludes halogenated alkanes) is 2. The van der Waals surface area contributed by atoms with Crippen molar-refractivity contribution in [1.29, 1.82) is 0 Å². The molecule has 0 aliphatic heterocycles. The van der Waals surface area contributed by atoms with Gasteiger partial charge in [0.15, 0.2) is 23.6 Å². The highest BCUT2D eigenvalue weighted by molar-refractivity contribution is 5.78. The Balaban J connectivity index is 1.24. The fourth-order valence-corrected chi connectivity index (χ4v) is 5.68. The summed E-state index contributed by atoms with van der Waals surface area (Å²) >= 11 is 0. The Kier molecular flexibility index (Phi) is 11.3. The molecule has 0 saturated heterocycles. The van der Waals surface area contributed by atoms with Crippen LogP contribution in [0.15, 0.2) is 127 Å². The topological polar surface area (TPSA) is 94.4 Å². The van der Waals surface area contributed by atoms with Crippen LogP contribution in [-0.2, 0) is 9.53 Å². The Bertz CT molecular complexity index is 2110. The van der Waals surface area contributed by atoms with Crippen molar-refractivity contribution in [3.63, 3.8) is 0 Å². The van der Waals surface area contributed by atoms with Gasteiger partial charge < -0.3 is 14.6 Å². The van der Waals surface area contributed by atoms with E-state index in [0.29, 0.717) is 41.3 Å². The molecule has 7 heteroatoms. The molecule has 7 nitrogen and oxygen atoms in total. The van der Waals surface area contributed by atoms with E-state index >= 15 is 0 Å². The largest absolute Gasteiger partial charge is 0.507 e. The van der Waals surface area contributed by atoms with E-state index in [2.05, 4.69) is 37.4 Å². The minimum Gasteiger partial charge on any atom is -0.507 e. The molecule has 0 saturated carbocycles. The van der Waals surface area contributed by atoms with Gasteiger partial charge >= 0.3 is 5.97 Å². The highest BCUT2D eigenvalue weighted by Gasteiger charge is 2.19. The molecule has 5 aromatic rings. The lowest BCUT2D eigenvalue weighted by Crippen LogP contribution is -2.26. The van der Waals surface area contributed by atoms with Gasteiger partial charge in [-0.1, -0.05) is 123 Å². The van der Waals surface area contributed by atoms with E-state index < -0.39 is 12.1 Å². The zero-order chi connectivity index (χ0) is 35.6. The Morgan fingerprint density at radius 3 is 1.96 bits per heavy atom. The summed E-state index contributed by atoms with van der Waals surface area (Å²) in [6.45, 7) is 6.41. The molecule has 1 atom stereocenters. The average Bonchev–Trinajstić information content (AvgIpc) is 3.16. The normalized spacial score (nSPS) is 12.5. The molecule has 0 amide bonds. The molecule has 51 heavy (non-hydrogen) atoms. The monoisotopic (exact) mass is 675 g/mol. The molecule has 6 rings (SSSR count). The predicted octanol–water partition coefficient (Wildman–Crippen LogP) is 10.0. The highest BCUT2D eigenvalue weighted by atomic mass is 16.6. The summed E-state index contributed by atoms with van der Waals surface area (Å²) in [5.74, 6) is 1.69. The first-order valence-corrected chi connectivity index (χ1v) is 17.4. The van der Waals surface area contributed by atoms with Gasteiger partial charge in [-0.2, -0.15) is 0 Å². The highest BCUT2D eigenvalue weighted by Crippen LogP contribution is 2.34. The summed E-state index contributed by atoms with van der Waals surface area (Å²) in [5.41, 5.74) is 12.2. The molecule has 1 heterocycles. The third-order valence-corrected chi connectivity index (χ3v) is 8.54. The molecular weight excluding hydrogens is 635 g/mol. The van der Waals surface area contributed by atoms with Gasteiger partial charge in [-0.05, 0) is 71.9 Å². The number of carbonyl (C=O) groups excluding carboxylic acids is 1. The Hall–Kier alpha value is -6.00. The summed E-state index contributed by atoms with van der Waals surface area (Å²) in [6.07, 6.45) is 9.01. The van der Waals surface area contributed by atoms with Crippen molar-refractivity contribution in [2.24, 2.45) is 5.92 Å². The molecule has 0 bridgehead atoms. The Morgan fingerprint density at radius 2 is 1.33 bits per heavy atom. The van der Waals surface area contributed by atoms with Crippen LogP contribution in [0, 0.1) is 5.92 Å². The number of phenols is 1. The van der Waals surface area contributed by atoms with E-state index in [4.69, 9.17) is 24.4 Å². The van der Waals surface area contributed by atoms with Crippen LogP contribution in [-0.4, -0.2) is 38.7 Å². The van der Waals surface area contributed by atoms with Crippen molar-refractivity contribution < 1.29 is 19.4 Å². The number of allylic oxidation sites excluding steroid dienone is 4. The van der Waals surface area contributed by atoms with Gasteiger partial charge in [0.05, 0.1) is 12.2 Å². The van der Waals surface area contributed by atoms with E-state index in [-0.39, 0.29) is 5.75 Å². The van der Waals surface area contributed by atoms with Crippen molar-refractivity contribution in [2.75, 3.05) is 6.61 Å². The standard InChI is InChI=1S/C44H41N3O4/c1-30(2)13-7-6-12-28-50-44(49)31(3)51-38-26-27-39(40(48)29-38)43-46-41(36-22-18-34(19-23-36)32-14-8-4-9-15-32)45-42(47-43)37-24-20-35(21-25-37)33-16-10-5-11-17-33/h4,8-10,14-27,29-31,48H,6-7,12-13,28H2,1-3H3. The predicted molar refractivity (Wildman–Crippen MR) is 202 cm³/mol. The minimum absolute atomic E-state index is 0.0896. The van der Waals surface area contributed by atoms with Gasteiger partial charge in [0.1, 0.15) is 11.5 Å². The van der Waals surface area contributed by atoms with Crippen molar-refractivity contribution >= 4 is 11.5 Å². The molecule has 1 aromatic heterocycles. The van der Waals surface area contributed by atoms with E-state index in [0.717, 1.165) is 52.7 Å². The number of esters is 1. The van der Waals surface area contributed by atoms with Crippen LogP contribution in [0.5, 0.6) is 11.5 Å². The van der Waals surface area contributed by atoms with E-state index in [1.807, 2.05) is 85.0 Å². The zero-order valence-electron chi connectivity index (χ0n) is 29.2. The van der Waals surface area contributed by atoms with Crippen LogP contribution in [0.1, 0.15) is 52.0 Å². The third kappa shape index (κ3) is 9.17. The first-order valence-electron chi connectivity index (χ1n) is 17.4. The van der Waals surface area contributed by atoms with Crippen LogP contribution in [0.25, 0.3) is 50.9 Å². The van der Waals surface area contributed by atoms with Gasteiger partial charge in [-0.3, -0.25) is 0 Å². The smallest absolute Gasteiger partial charge is 0.347 e. The fraction of sp³-hybridized carbons (Fsp3) is 0.227. The number of rotatable bonds is 14. The number of aromatic hydroxyl groups is 1. The molecule has 0 spiro atoms. The molecule has 256 valence electrons. The lowest BCUT2D eigenvalue weighted by atomic mass is 10.0. The number of benzene rings is 4. The van der Waals surface area contributed by atoms with Crippen molar-refractivity contribution in [3.05, 3.63) is 132 Å². The summed E-state index contributed by atoms with van der Waals surface area (Å²) in [4.78, 5) is 27.0. The first-order chi connectivity index (χ1) is 24.8. The molecule has 1 aliphatic rings. The molecule has 1 N–H and O–H groups in total. The Labute approximate surface area is 299 Å². The van der Waals surface area contributed by atoms with E-state index in [9.17, 15) is 9.90 Å². The third-order valence-electron chi connectivity index (χ3n) is 8.54. The number of carbonyl (C=O) groups is 1. The summed E-state index contributed by atoms with van der Waals surface area (Å²) in [6, 6.07) is 31.0. The molecule has 1 aliphatic carbocycles. The van der Waals surface area contributed by atoms with Gasteiger partial charge in [0, 0.05) is 17.2 Å². The van der Waals surface area contributed by atoms with Crippen LogP contribution in [0.3, 0.4) is 0 Å². The fourth-order valence-electron chi connectivity index (χ4n) is 5.68. The zero-order valence-corrected chi connectivity index (χ0v) is 29.2. The number of ether oxygens (including phenoxy) is 2. The average molecular weight is 676 g/mol. The Morgan fingerprint density at radius 1 is 0.706 bits per heavy atom. The van der Waals surface area contributed by atoms with Gasteiger partial charge in [0.25, 0.3) is 0 Å². The van der Waals surface area contributed by atoms with Crippen molar-refractivity contribution in [3.8, 4) is 56.8 Å². The lowest BCUT2D eigenvalue weighted by molar-refractivity contribution is -0.151. The second-order valence-electron chi connectivity index (χ2n) is 12.9. The van der Waals surface area contributed by atoms with Gasteiger partial charge in [-0.15, -0.1) is 0 Å². The molecular formula is C44H41N3O4.